The zero-order valence-electron chi connectivity index (χ0n) is 15.3. The third kappa shape index (κ3) is 2.25. The minimum atomic E-state index is -0.866. The first-order valence-corrected chi connectivity index (χ1v) is 9.43. The lowest BCUT2D eigenvalue weighted by molar-refractivity contribution is -0.120. The van der Waals surface area contributed by atoms with Gasteiger partial charge in [0.2, 0.25) is 0 Å². The van der Waals surface area contributed by atoms with E-state index < -0.39 is 5.41 Å². The maximum absolute atomic E-state index is 14.2. The Morgan fingerprint density at radius 3 is 1.57 bits per heavy atom. The zero-order valence-corrected chi connectivity index (χ0v) is 15.3. The number of hydrogen-bond donors (Lipinski definition) is 0. The van der Waals surface area contributed by atoms with Crippen LogP contribution >= 0.6 is 0 Å². The minimum absolute atomic E-state index is 0.0531. The molecule has 1 aliphatic heterocycles. The van der Waals surface area contributed by atoms with Crippen molar-refractivity contribution in [3.63, 3.8) is 0 Å². The summed E-state index contributed by atoms with van der Waals surface area (Å²) in [5.74, 6) is 0.0531. The quantitative estimate of drug-likeness (QED) is 0.458. The van der Waals surface area contributed by atoms with Gasteiger partial charge in [-0.05, 0) is 29.3 Å². The molecule has 2 heteroatoms. The molecule has 0 bridgehead atoms. The second-order valence-corrected chi connectivity index (χ2v) is 6.98. The second-order valence-electron chi connectivity index (χ2n) is 6.98. The molecule has 0 saturated carbocycles. The van der Waals surface area contributed by atoms with Crippen LogP contribution in [0.3, 0.4) is 0 Å². The highest BCUT2D eigenvalue weighted by molar-refractivity contribution is 6.17. The lowest BCUT2D eigenvalue weighted by Crippen LogP contribution is -2.40. The van der Waals surface area contributed by atoms with E-state index in [1.54, 1.807) is 0 Å². The number of anilines is 2. The molecule has 1 amide bonds. The van der Waals surface area contributed by atoms with Gasteiger partial charge in [0, 0.05) is 11.3 Å². The molecule has 5 rings (SSSR count). The van der Waals surface area contributed by atoms with Crippen LogP contribution in [0.2, 0.25) is 0 Å². The van der Waals surface area contributed by atoms with Crippen molar-refractivity contribution in [3.8, 4) is 0 Å². The fourth-order valence-corrected chi connectivity index (χ4v) is 4.31. The molecule has 0 fully saturated rings. The standard InChI is InChI=1S/C26H19NO/c28-25-26(20-12-4-1-5-13-20,21-14-6-2-7-15-21)23-18-10-11-19-24(23)27(25)22-16-8-3-9-17-22/h1-19H. The topological polar surface area (TPSA) is 20.3 Å². The van der Waals surface area contributed by atoms with Crippen LogP contribution in [0.25, 0.3) is 0 Å². The average molecular weight is 361 g/mol. The van der Waals surface area contributed by atoms with E-state index in [2.05, 4.69) is 30.3 Å². The summed E-state index contributed by atoms with van der Waals surface area (Å²) < 4.78 is 0. The van der Waals surface area contributed by atoms with Gasteiger partial charge in [-0.1, -0.05) is 97.1 Å². The Hall–Kier alpha value is -3.65. The van der Waals surface area contributed by atoms with Crippen molar-refractivity contribution in [2.45, 2.75) is 5.41 Å². The number of fused-ring (bicyclic) bond motifs is 1. The zero-order chi connectivity index (χ0) is 19.0. The number of benzene rings is 4. The van der Waals surface area contributed by atoms with Crippen molar-refractivity contribution >= 4 is 17.3 Å². The molecule has 28 heavy (non-hydrogen) atoms. The molecule has 0 atom stereocenters. The monoisotopic (exact) mass is 361 g/mol. The Balaban J connectivity index is 1.87. The number of para-hydroxylation sites is 2. The van der Waals surface area contributed by atoms with Crippen molar-refractivity contribution in [2.24, 2.45) is 0 Å². The number of amides is 1. The number of carbonyl (C=O) groups is 1. The van der Waals surface area contributed by atoms with Crippen molar-refractivity contribution in [3.05, 3.63) is 132 Å². The molecule has 0 aromatic heterocycles. The Labute approximate surface area is 164 Å². The van der Waals surface area contributed by atoms with Crippen molar-refractivity contribution < 1.29 is 4.79 Å². The lowest BCUT2D eigenvalue weighted by Gasteiger charge is -2.30. The van der Waals surface area contributed by atoms with Crippen LogP contribution in [-0.2, 0) is 10.2 Å². The molecule has 0 N–H and O–H groups in total. The van der Waals surface area contributed by atoms with Gasteiger partial charge < -0.3 is 0 Å². The molecule has 2 nitrogen and oxygen atoms in total. The molecule has 1 heterocycles. The SMILES string of the molecule is O=C1N(c2ccccc2)c2ccccc2C1(c1ccccc1)c1ccccc1. The first-order valence-electron chi connectivity index (χ1n) is 9.43. The Morgan fingerprint density at radius 2 is 1.00 bits per heavy atom. The third-order valence-electron chi connectivity index (χ3n) is 5.50. The van der Waals surface area contributed by atoms with E-state index in [4.69, 9.17) is 0 Å². The highest BCUT2D eigenvalue weighted by Crippen LogP contribution is 2.52. The van der Waals surface area contributed by atoms with Gasteiger partial charge >= 0.3 is 0 Å². The van der Waals surface area contributed by atoms with E-state index in [0.717, 1.165) is 28.1 Å². The first-order chi connectivity index (χ1) is 13.8. The van der Waals surface area contributed by atoms with E-state index >= 15 is 0 Å². The number of carbonyl (C=O) groups excluding carboxylic acids is 1. The molecule has 0 radical (unpaired) electrons. The fraction of sp³-hybridized carbons (Fsp3) is 0.0385. The van der Waals surface area contributed by atoms with Crippen LogP contribution in [0, 0.1) is 0 Å². The van der Waals surface area contributed by atoms with Gasteiger partial charge in [0.05, 0.1) is 5.69 Å². The van der Waals surface area contributed by atoms with Crippen LogP contribution in [0.15, 0.2) is 115 Å². The molecule has 0 aliphatic carbocycles. The molecule has 0 unspecified atom stereocenters. The summed E-state index contributed by atoms with van der Waals surface area (Å²) in [7, 11) is 0. The largest absolute Gasteiger partial charge is 0.279 e. The molecule has 0 spiro atoms. The van der Waals surface area contributed by atoms with Gasteiger partial charge in [0.25, 0.3) is 5.91 Å². The normalized spacial score (nSPS) is 14.7. The molecule has 4 aromatic carbocycles. The van der Waals surface area contributed by atoms with Crippen LogP contribution < -0.4 is 4.90 Å². The summed E-state index contributed by atoms with van der Waals surface area (Å²) in [5, 5.41) is 0. The third-order valence-corrected chi connectivity index (χ3v) is 5.50. The summed E-state index contributed by atoms with van der Waals surface area (Å²) in [5.41, 5.74) is 3.94. The van der Waals surface area contributed by atoms with Gasteiger partial charge in [-0.25, -0.2) is 0 Å². The Bertz CT molecular complexity index is 1080. The number of hydrogen-bond acceptors (Lipinski definition) is 1. The van der Waals surface area contributed by atoms with Crippen LogP contribution in [0.5, 0.6) is 0 Å². The van der Waals surface area contributed by atoms with E-state index in [1.165, 1.54) is 0 Å². The molecule has 1 aliphatic rings. The summed E-state index contributed by atoms with van der Waals surface area (Å²) in [6.07, 6.45) is 0. The molecule has 4 aromatic rings. The lowest BCUT2D eigenvalue weighted by atomic mass is 9.70. The van der Waals surface area contributed by atoms with Crippen LogP contribution in [-0.4, -0.2) is 5.91 Å². The Morgan fingerprint density at radius 1 is 0.536 bits per heavy atom. The maximum Gasteiger partial charge on any atom is 0.251 e. The van der Waals surface area contributed by atoms with Gasteiger partial charge in [0.15, 0.2) is 0 Å². The maximum atomic E-state index is 14.2. The molecule has 0 saturated heterocycles. The number of rotatable bonds is 3. The van der Waals surface area contributed by atoms with Crippen molar-refractivity contribution in [1.82, 2.24) is 0 Å². The molecular formula is C26H19NO. The summed E-state index contributed by atoms with van der Waals surface area (Å²) in [6.45, 7) is 0. The van der Waals surface area contributed by atoms with E-state index in [9.17, 15) is 4.79 Å². The predicted octanol–water partition coefficient (Wildman–Crippen LogP) is 5.70. The van der Waals surface area contributed by atoms with E-state index in [0.29, 0.717) is 0 Å². The van der Waals surface area contributed by atoms with Crippen LogP contribution in [0.1, 0.15) is 16.7 Å². The highest BCUT2D eigenvalue weighted by atomic mass is 16.2. The molecule has 134 valence electrons. The van der Waals surface area contributed by atoms with Crippen molar-refractivity contribution in [2.75, 3.05) is 4.90 Å². The van der Waals surface area contributed by atoms with E-state index in [1.807, 2.05) is 89.8 Å². The second kappa shape index (κ2) is 6.50. The first kappa shape index (κ1) is 16.5. The molecular weight excluding hydrogens is 342 g/mol. The van der Waals surface area contributed by atoms with Gasteiger partial charge in [-0.15, -0.1) is 0 Å². The summed E-state index contributed by atoms with van der Waals surface area (Å²) in [4.78, 5) is 16.1. The number of nitrogens with zero attached hydrogens (tertiary/aromatic N) is 1. The summed E-state index contributed by atoms with van der Waals surface area (Å²) in [6, 6.07) is 38.2. The van der Waals surface area contributed by atoms with Gasteiger partial charge in [0.1, 0.15) is 5.41 Å². The predicted molar refractivity (Wildman–Crippen MR) is 113 cm³/mol. The minimum Gasteiger partial charge on any atom is -0.279 e. The smallest absolute Gasteiger partial charge is 0.251 e. The van der Waals surface area contributed by atoms with E-state index in [-0.39, 0.29) is 5.91 Å². The van der Waals surface area contributed by atoms with Gasteiger partial charge in [-0.2, -0.15) is 0 Å². The Kier molecular flexibility index (Phi) is 3.84. The highest BCUT2D eigenvalue weighted by Gasteiger charge is 2.53. The average Bonchev–Trinajstić information content (AvgIpc) is 3.04. The van der Waals surface area contributed by atoms with Gasteiger partial charge in [-0.3, -0.25) is 9.69 Å². The van der Waals surface area contributed by atoms with Crippen molar-refractivity contribution in [1.29, 1.82) is 0 Å². The summed E-state index contributed by atoms with van der Waals surface area (Å²) >= 11 is 0. The fourth-order valence-electron chi connectivity index (χ4n) is 4.31. The van der Waals surface area contributed by atoms with Crippen LogP contribution in [0.4, 0.5) is 11.4 Å².